The summed E-state index contributed by atoms with van der Waals surface area (Å²) in [5.74, 6) is 0. The van der Waals surface area contributed by atoms with Crippen molar-refractivity contribution < 1.29 is 4.74 Å². The number of hydrogen-bond donors (Lipinski definition) is 0. The summed E-state index contributed by atoms with van der Waals surface area (Å²) in [6, 6.07) is 0. The van der Waals surface area contributed by atoms with Crippen LogP contribution in [0.3, 0.4) is 0 Å². The molecule has 0 aliphatic carbocycles. The Morgan fingerprint density at radius 2 is 2.29 bits per heavy atom. The van der Waals surface area contributed by atoms with Gasteiger partial charge in [0.2, 0.25) is 0 Å². The minimum atomic E-state index is 0.153. The zero-order valence-electron chi connectivity index (χ0n) is 4.78. The van der Waals surface area contributed by atoms with Crippen LogP contribution in [0.4, 0.5) is 0 Å². The Balaban J connectivity index is 2.68. The molecule has 1 nitrogen and oxygen atoms in total. The third-order valence-electron chi connectivity index (χ3n) is 0.552. The third kappa shape index (κ3) is 6.25. The first kappa shape index (κ1) is 7.25. The van der Waals surface area contributed by atoms with Crippen molar-refractivity contribution in [2.24, 2.45) is 0 Å². The molecule has 0 bridgehead atoms. The summed E-state index contributed by atoms with van der Waals surface area (Å²) in [7, 11) is 0. The molecule has 7 heavy (non-hydrogen) atoms. The molecule has 0 heterocycles. The van der Waals surface area contributed by atoms with E-state index < -0.39 is 0 Å². The maximum atomic E-state index is 5.53. The summed E-state index contributed by atoms with van der Waals surface area (Å²) < 4.78 is 4.96. The molecule has 0 saturated heterocycles. The topological polar surface area (TPSA) is 9.23 Å². The summed E-state index contributed by atoms with van der Waals surface area (Å²) in [5, 5.41) is 0.153. The van der Waals surface area contributed by atoms with E-state index in [0.29, 0.717) is 6.61 Å². The molecule has 0 aromatic carbocycles. The van der Waals surface area contributed by atoms with Crippen LogP contribution in [0, 0.1) is 0 Å². The SMILES string of the molecule is CCOC[C@H](C)Cl. The molecule has 0 saturated carbocycles. The molecule has 0 rings (SSSR count). The first-order valence-electron chi connectivity index (χ1n) is 2.49. The van der Waals surface area contributed by atoms with Crippen LogP contribution in [0.2, 0.25) is 0 Å². The summed E-state index contributed by atoms with van der Waals surface area (Å²) in [6.45, 7) is 5.30. The maximum Gasteiger partial charge on any atom is 0.0627 e. The van der Waals surface area contributed by atoms with Crippen LogP contribution in [0.25, 0.3) is 0 Å². The van der Waals surface area contributed by atoms with E-state index in [9.17, 15) is 0 Å². The molecular weight excluding hydrogens is 112 g/mol. The number of alkyl halides is 1. The quantitative estimate of drug-likeness (QED) is 0.518. The Kier molecular flexibility index (Phi) is 4.57. The first-order chi connectivity index (χ1) is 3.27. The smallest absolute Gasteiger partial charge is 0.0627 e. The van der Waals surface area contributed by atoms with Crippen LogP contribution in [0.1, 0.15) is 13.8 Å². The van der Waals surface area contributed by atoms with Crippen LogP contribution >= 0.6 is 11.6 Å². The second-order valence-electron chi connectivity index (χ2n) is 1.44. The van der Waals surface area contributed by atoms with Crippen molar-refractivity contribution in [3.05, 3.63) is 0 Å². The average Bonchev–Trinajstić information content (AvgIpc) is 1.61. The highest BCUT2D eigenvalue weighted by molar-refractivity contribution is 6.20. The Hall–Kier alpha value is 0.250. The summed E-state index contributed by atoms with van der Waals surface area (Å²) >= 11 is 5.53. The van der Waals surface area contributed by atoms with Crippen molar-refractivity contribution in [1.29, 1.82) is 0 Å². The summed E-state index contributed by atoms with van der Waals surface area (Å²) in [6.07, 6.45) is 0. The van der Waals surface area contributed by atoms with Gasteiger partial charge in [0.05, 0.1) is 12.0 Å². The highest BCUT2D eigenvalue weighted by Gasteiger charge is 1.91. The van der Waals surface area contributed by atoms with Gasteiger partial charge in [0.1, 0.15) is 0 Å². The standard InChI is InChI=1S/C5H11ClO/c1-3-7-4-5(2)6/h5H,3-4H2,1-2H3/t5-/m0/s1. The van der Waals surface area contributed by atoms with Crippen LogP contribution in [0.15, 0.2) is 0 Å². The lowest BCUT2D eigenvalue weighted by Crippen LogP contribution is -2.03. The zero-order chi connectivity index (χ0) is 5.70. The Labute approximate surface area is 49.6 Å². The van der Waals surface area contributed by atoms with Gasteiger partial charge in [-0.1, -0.05) is 0 Å². The van der Waals surface area contributed by atoms with Gasteiger partial charge in [0.15, 0.2) is 0 Å². The normalized spacial score (nSPS) is 14.1. The molecule has 44 valence electrons. The van der Waals surface area contributed by atoms with Crippen LogP contribution in [-0.4, -0.2) is 18.6 Å². The van der Waals surface area contributed by atoms with E-state index in [4.69, 9.17) is 16.3 Å². The van der Waals surface area contributed by atoms with Crippen molar-refractivity contribution in [3.63, 3.8) is 0 Å². The Morgan fingerprint density at radius 1 is 1.71 bits per heavy atom. The number of halogens is 1. The fourth-order valence-electron chi connectivity index (χ4n) is 0.280. The predicted molar refractivity (Wildman–Crippen MR) is 31.8 cm³/mol. The minimum absolute atomic E-state index is 0.153. The number of ether oxygens (including phenoxy) is 1. The van der Waals surface area contributed by atoms with Crippen molar-refractivity contribution in [3.8, 4) is 0 Å². The number of rotatable bonds is 3. The fraction of sp³-hybridized carbons (Fsp3) is 1.00. The van der Waals surface area contributed by atoms with Gasteiger partial charge in [-0.25, -0.2) is 0 Å². The Bertz CT molecular complexity index is 37.1. The van der Waals surface area contributed by atoms with E-state index in [1.807, 2.05) is 13.8 Å². The predicted octanol–water partition coefficient (Wildman–Crippen LogP) is 1.65. The van der Waals surface area contributed by atoms with Gasteiger partial charge >= 0.3 is 0 Å². The fourth-order valence-corrected chi connectivity index (χ4v) is 0.369. The van der Waals surface area contributed by atoms with Crippen molar-refractivity contribution in [2.75, 3.05) is 13.2 Å². The Morgan fingerprint density at radius 3 is 2.43 bits per heavy atom. The molecule has 0 aliphatic heterocycles. The second kappa shape index (κ2) is 4.41. The van der Waals surface area contributed by atoms with Gasteiger partial charge in [0.25, 0.3) is 0 Å². The molecular formula is C5H11ClO. The van der Waals surface area contributed by atoms with Crippen LogP contribution in [0.5, 0.6) is 0 Å². The molecule has 2 heteroatoms. The van der Waals surface area contributed by atoms with E-state index in [-0.39, 0.29) is 5.38 Å². The zero-order valence-corrected chi connectivity index (χ0v) is 5.53. The number of hydrogen-bond acceptors (Lipinski definition) is 1. The van der Waals surface area contributed by atoms with Gasteiger partial charge in [0, 0.05) is 6.61 Å². The molecule has 0 unspecified atom stereocenters. The van der Waals surface area contributed by atoms with Crippen molar-refractivity contribution >= 4 is 11.6 Å². The van der Waals surface area contributed by atoms with Gasteiger partial charge in [-0.2, -0.15) is 0 Å². The molecule has 0 spiro atoms. The molecule has 0 aromatic heterocycles. The maximum absolute atomic E-state index is 5.53. The van der Waals surface area contributed by atoms with E-state index in [1.165, 1.54) is 0 Å². The molecule has 0 aliphatic rings. The van der Waals surface area contributed by atoms with Gasteiger partial charge in [-0.3, -0.25) is 0 Å². The molecule has 1 atom stereocenters. The lowest BCUT2D eigenvalue weighted by molar-refractivity contribution is 0.150. The molecule has 0 N–H and O–H groups in total. The van der Waals surface area contributed by atoms with E-state index in [0.717, 1.165) is 6.61 Å². The van der Waals surface area contributed by atoms with Crippen LogP contribution in [-0.2, 0) is 4.74 Å². The third-order valence-corrected chi connectivity index (χ3v) is 0.678. The molecule has 0 radical (unpaired) electrons. The highest BCUT2D eigenvalue weighted by Crippen LogP contribution is 1.91. The van der Waals surface area contributed by atoms with Crippen LogP contribution < -0.4 is 0 Å². The largest absolute Gasteiger partial charge is 0.380 e. The van der Waals surface area contributed by atoms with Gasteiger partial charge < -0.3 is 4.74 Å². The van der Waals surface area contributed by atoms with Crippen molar-refractivity contribution in [2.45, 2.75) is 19.2 Å². The minimum Gasteiger partial charge on any atom is -0.380 e. The highest BCUT2D eigenvalue weighted by atomic mass is 35.5. The molecule has 0 amide bonds. The first-order valence-corrected chi connectivity index (χ1v) is 2.92. The average molecular weight is 123 g/mol. The van der Waals surface area contributed by atoms with Gasteiger partial charge in [-0.05, 0) is 13.8 Å². The van der Waals surface area contributed by atoms with E-state index >= 15 is 0 Å². The lowest BCUT2D eigenvalue weighted by Gasteiger charge is -1.99. The summed E-state index contributed by atoms with van der Waals surface area (Å²) in [4.78, 5) is 0. The van der Waals surface area contributed by atoms with Crippen molar-refractivity contribution in [1.82, 2.24) is 0 Å². The summed E-state index contributed by atoms with van der Waals surface area (Å²) in [5.41, 5.74) is 0. The second-order valence-corrected chi connectivity index (χ2v) is 2.19. The van der Waals surface area contributed by atoms with Gasteiger partial charge in [-0.15, -0.1) is 11.6 Å². The van der Waals surface area contributed by atoms with E-state index in [2.05, 4.69) is 0 Å². The monoisotopic (exact) mass is 122 g/mol. The molecule has 0 aromatic rings. The lowest BCUT2D eigenvalue weighted by atomic mass is 10.5. The molecule has 0 fully saturated rings. The van der Waals surface area contributed by atoms with E-state index in [1.54, 1.807) is 0 Å².